The summed E-state index contributed by atoms with van der Waals surface area (Å²) in [5.41, 5.74) is 0.521. The summed E-state index contributed by atoms with van der Waals surface area (Å²) in [5.74, 6) is 4.37. The number of halogens is 3. The van der Waals surface area contributed by atoms with E-state index in [4.69, 9.17) is 5.84 Å². The Balaban J connectivity index is 2.29. The minimum atomic E-state index is -4.62. The van der Waals surface area contributed by atoms with Gasteiger partial charge in [-0.3, -0.25) is 16.0 Å². The fraction of sp³-hybridized carbons (Fsp3) is 0.167. The van der Waals surface area contributed by atoms with Crippen LogP contribution in [0.5, 0.6) is 0 Å². The number of nitrogens with one attached hydrogen (secondary N) is 2. The molecule has 1 aromatic heterocycles. The molecule has 2 aromatic rings. The average Bonchev–Trinajstić information content (AvgIpc) is 2.82. The molecule has 1 amide bonds. The van der Waals surface area contributed by atoms with Gasteiger partial charge < -0.3 is 5.43 Å². The van der Waals surface area contributed by atoms with E-state index < -0.39 is 17.6 Å². The van der Waals surface area contributed by atoms with E-state index in [1.807, 2.05) is 5.43 Å². The van der Waals surface area contributed by atoms with E-state index in [1.54, 1.807) is 13.1 Å². The molecule has 2 rings (SSSR count). The molecule has 1 aromatic carbocycles. The van der Waals surface area contributed by atoms with Crippen molar-refractivity contribution in [3.63, 3.8) is 0 Å². The number of thiazole rings is 1. The summed E-state index contributed by atoms with van der Waals surface area (Å²) in [6, 6.07) is 3.09. The number of benzene rings is 1. The SMILES string of the molecule is Cc1cnc(NC(=O)c2ccc(NN)c(C(F)(F)F)c2)s1. The van der Waals surface area contributed by atoms with E-state index in [0.29, 0.717) is 5.13 Å². The van der Waals surface area contributed by atoms with Gasteiger partial charge in [0.25, 0.3) is 5.91 Å². The third-order valence-electron chi connectivity index (χ3n) is 2.58. The van der Waals surface area contributed by atoms with Crippen LogP contribution in [0.15, 0.2) is 24.4 Å². The molecule has 0 radical (unpaired) electrons. The van der Waals surface area contributed by atoms with Crippen molar-refractivity contribution in [1.82, 2.24) is 4.98 Å². The van der Waals surface area contributed by atoms with E-state index in [9.17, 15) is 18.0 Å². The number of alkyl halides is 3. The molecular formula is C12H11F3N4OS. The van der Waals surface area contributed by atoms with E-state index >= 15 is 0 Å². The zero-order valence-electron chi connectivity index (χ0n) is 10.8. The number of nitrogens with two attached hydrogens (primary N) is 1. The number of nitrogens with zero attached hydrogens (tertiary/aromatic N) is 1. The van der Waals surface area contributed by atoms with Crippen molar-refractivity contribution in [1.29, 1.82) is 0 Å². The van der Waals surface area contributed by atoms with Crippen LogP contribution in [0.4, 0.5) is 24.0 Å². The molecule has 0 aliphatic carbocycles. The molecule has 1 heterocycles. The summed E-state index contributed by atoms with van der Waals surface area (Å²) in [6.45, 7) is 1.80. The van der Waals surface area contributed by atoms with Crippen molar-refractivity contribution >= 4 is 28.1 Å². The first-order valence-electron chi connectivity index (χ1n) is 5.73. The summed E-state index contributed by atoms with van der Waals surface area (Å²) in [6.07, 6.45) is -3.06. The normalized spacial score (nSPS) is 11.3. The topological polar surface area (TPSA) is 80.0 Å². The van der Waals surface area contributed by atoms with Crippen molar-refractivity contribution in [3.05, 3.63) is 40.4 Å². The summed E-state index contributed by atoms with van der Waals surface area (Å²) >= 11 is 1.23. The van der Waals surface area contributed by atoms with Crippen LogP contribution >= 0.6 is 11.3 Å². The van der Waals surface area contributed by atoms with Crippen LogP contribution in [0, 0.1) is 6.92 Å². The monoisotopic (exact) mass is 316 g/mol. The summed E-state index contributed by atoms with van der Waals surface area (Å²) in [5, 5.41) is 2.77. The van der Waals surface area contributed by atoms with Crippen LogP contribution in [-0.2, 0) is 6.18 Å². The molecule has 0 saturated carbocycles. The van der Waals surface area contributed by atoms with E-state index in [0.717, 1.165) is 17.0 Å². The lowest BCUT2D eigenvalue weighted by atomic mass is 10.1. The molecule has 0 unspecified atom stereocenters. The summed E-state index contributed by atoms with van der Waals surface area (Å²) in [7, 11) is 0. The predicted octanol–water partition coefficient (Wildman–Crippen LogP) is 3.01. The van der Waals surface area contributed by atoms with Gasteiger partial charge in [0.2, 0.25) is 0 Å². The van der Waals surface area contributed by atoms with Gasteiger partial charge in [-0.15, -0.1) is 11.3 Å². The fourth-order valence-electron chi connectivity index (χ4n) is 1.63. The van der Waals surface area contributed by atoms with E-state index in [2.05, 4.69) is 10.3 Å². The zero-order chi connectivity index (χ0) is 15.6. The van der Waals surface area contributed by atoms with Crippen LogP contribution in [0.1, 0.15) is 20.8 Å². The Morgan fingerprint density at radius 1 is 1.38 bits per heavy atom. The van der Waals surface area contributed by atoms with Gasteiger partial charge in [-0.25, -0.2) is 4.98 Å². The van der Waals surface area contributed by atoms with Gasteiger partial charge in [-0.1, -0.05) is 0 Å². The van der Waals surface area contributed by atoms with Crippen LogP contribution in [-0.4, -0.2) is 10.9 Å². The highest BCUT2D eigenvalue weighted by Crippen LogP contribution is 2.35. The van der Waals surface area contributed by atoms with E-state index in [-0.39, 0.29) is 11.3 Å². The number of carbonyl (C=O) groups is 1. The molecule has 0 saturated heterocycles. The molecule has 4 N–H and O–H groups in total. The van der Waals surface area contributed by atoms with Crippen LogP contribution < -0.4 is 16.6 Å². The van der Waals surface area contributed by atoms with Gasteiger partial charge in [0.05, 0.1) is 11.3 Å². The maximum Gasteiger partial charge on any atom is 0.418 e. The highest BCUT2D eigenvalue weighted by molar-refractivity contribution is 7.15. The number of rotatable bonds is 3. The van der Waals surface area contributed by atoms with Crippen molar-refractivity contribution in [2.45, 2.75) is 13.1 Å². The molecule has 0 spiro atoms. The Kier molecular flexibility index (Phi) is 4.14. The van der Waals surface area contributed by atoms with Gasteiger partial charge in [0.15, 0.2) is 5.13 Å². The van der Waals surface area contributed by atoms with Crippen LogP contribution in [0.3, 0.4) is 0 Å². The highest BCUT2D eigenvalue weighted by atomic mass is 32.1. The Labute approximate surface area is 122 Å². The minimum absolute atomic E-state index is 0.130. The lowest BCUT2D eigenvalue weighted by molar-refractivity contribution is -0.137. The second kappa shape index (κ2) is 5.70. The fourth-order valence-corrected chi connectivity index (χ4v) is 2.29. The molecule has 0 aliphatic rings. The molecular weight excluding hydrogens is 305 g/mol. The van der Waals surface area contributed by atoms with Crippen molar-refractivity contribution < 1.29 is 18.0 Å². The first-order chi connectivity index (χ1) is 9.81. The van der Waals surface area contributed by atoms with Crippen molar-refractivity contribution in [2.75, 3.05) is 10.7 Å². The van der Waals surface area contributed by atoms with Crippen LogP contribution in [0.25, 0.3) is 0 Å². The third kappa shape index (κ3) is 3.50. The Bertz CT molecular complexity index is 669. The number of hydrogen-bond donors (Lipinski definition) is 3. The Morgan fingerprint density at radius 3 is 2.62 bits per heavy atom. The molecule has 9 heteroatoms. The first kappa shape index (κ1) is 15.3. The molecule has 0 atom stereocenters. The predicted molar refractivity (Wildman–Crippen MR) is 74.1 cm³/mol. The van der Waals surface area contributed by atoms with Gasteiger partial charge in [0, 0.05) is 16.6 Å². The molecule has 0 fully saturated rings. The molecule has 0 aliphatic heterocycles. The van der Waals surface area contributed by atoms with Gasteiger partial charge >= 0.3 is 6.18 Å². The third-order valence-corrected chi connectivity index (χ3v) is 3.41. The zero-order valence-corrected chi connectivity index (χ0v) is 11.6. The lowest BCUT2D eigenvalue weighted by Crippen LogP contribution is -2.17. The van der Waals surface area contributed by atoms with E-state index in [1.165, 1.54) is 17.4 Å². The van der Waals surface area contributed by atoms with Crippen LogP contribution in [0.2, 0.25) is 0 Å². The smallest absolute Gasteiger partial charge is 0.324 e. The van der Waals surface area contributed by atoms with Crippen molar-refractivity contribution in [2.24, 2.45) is 5.84 Å². The second-order valence-electron chi connectivity index (χ2n) is 4.13. The van der Waals surface area contributed by atoms with Gasteiger partial charge in [-0.05, 0) is 25.1 Å². The standard InChI is InChI=1S/C12H11F3N4OS/c1-6-5-17-11(21-6)18-10(20)7-2-3-9(19-16)8(4-7)12(13,14)15/h2-5,19H,16H2,1H3,(H,17,18,20). The number of amides is 1. The molecule has 5 nitrogen and oxygen atoms in total. The number of hydrazine groups is 1. The summed E-state index contributed by atoms with van der Waals surface area (Å²) < 4.78 is 38.6. The Hall–Kier alpha value is -2.13. The average molecular weight is 316 g/mol. The molecule has 21 heavy (non-hydrogen) atoms. The largest absolute Gasteiger partial charge is 0.418 e. The first-order valence-corrected chi connectivity index (χ1v) is 6.54. The molecule has 112 valence electrons. The highest BCUT2D eigenvalue weighted by Gasteiger charge is 2.34. The number of aryl methyl sites for hydroxylation is 1. The number of hydrogen-bond acceptors (Lipinski definition) is 5. The number of nitrogen functional groups attached to an aromatic ring is 1. The lowest BCUT2D eigenvalue weighted by Gasteiger charge is -2.13. The maximum atomic E-state index is 12.9. The number of anilines is 2. The number of carbonyl (C=O) groups excluding carboxylic acids is 1. The minimum Gasteiger partial charge on any atom is -0.324 e. The maximum absolute atomic E-state index is 12.9. The molecule has 0 bridgehead atoms. The second-order valence-corrected chi connectivity index (χ2v) is 5.37. The summed E-state index contributed by atoms with van der Waals surface area (Å²) in [4.78, 5) is 16.7. The van der Waals surface area contributed by atoms with Gasteiger partial charge in [0.1, 0.15) is 0 Å². The van der Waals surface area contributed by atoms with Gasteiger partial charge in [-0.2, -0.15) is 13.2 Å². The quantitative estimate of drug-likeness (QED) is 0.601. The number of aromatic nitrogens is 1. The Morgan fingerprint density at radius 2 is 2.10 bits per heavy atom. The van der Waals surface area contributed by atoms with Crippen molar-refractivity contribution in [3.8, 4) is 0 Å².